The fourth-order valence-corrected chi connectivity index (χ4v) is 9.28. The molecule has 3 aliphatic heterocycles. The minimum absolute atomic E-state index is 0.00205. The maximum Gasteiger partial charge on any atom is 0.311 e. The van der Waals surface area contributed by atoms with Crippen LogP contribution in [0, 0.1) is 29.1 Å². The number of carbonyl (C=O) groups excluding carboxylic acids is 1. The van der Waals surface area contributed by atoms with Crippen molar-refractivity contribution in [2.75, 3.05) is 19.6 Å². The van der Waals surface area contributed by atoms with Gasteiger partial charge in [0, 0.05) is 17.9 Å². The Kier molecular flexibility index (Phi) is 5.81. The third-order valence-corrected chi connectivity index (χ3v) is 11.3. The average molecular weight is 516 g/mol. The number of nitrogens with zero attached hydrogens (tertiary/aromatic N) is 1. The molecule has 38 heavy (non-hydrogen) atoms. The van der Waals surface area contributed by atoms with Crippen LogP contribution in [0.1, 0.15) is 63.5 Å². The highest BCUT2D eigenvalue weighted by Crippen LogP contribution is 2.70. The number of likely N-dealkylation sites (tertiary alicyclic amines) is 1. The van der Waals surface area contributed by atoms with Crippen LogP contribution in [0.15, 0.2) is 60.7 Å². The highest BCUT2D eigenvalue weighted by atomic mass is 16.6. The molecule has 2 aromatic carbocycles. The summed E-state index contributed by atoms with van der Waals surface area (Å²) in [4.78, 5) is 15.7. The Morgan fingerprint density at radius 1 is 1.00 bits per heavy atom. The number of piperidine rings is 1. The summed E-state index contributed by atoms with van der Waals surface area (Å²) in [7, 11) is 0. The summed E-state index contributed by atoms with van der Waals surface area (Å²) >= 11 is 0. The van der Waals surface area contributed by atoms with Gasteiger partial charge < -0.3 is 19.5 Å². The van der Waals surface area contributed by atoms with Gasteiger partial charge >= 0.3 is 5.97 Å². The molecule has 3 heterocycles. The summed E-state index contributed by atoms with van der Waals surface area (Å²) in [6.07, 6.45) is 6.53. The normalized spacial score (nSPS) is 39.1. The molecule has 0 unspecified atom stereocenters. The summed E-state index contributed by atoms with van der Waals surface area (Å²) in [5.41, 5.74) is 0.965. The predicted octanol–water partition coefficient (Wildman–Crippen LogP) is 5.16. The Hall–Kier alpha value is -2.21. The van der Waals surface area contributed by atoms with Crippen molar-refractivity contribution in [2.24, 2.45) is 29.1 Å². The first-order chi connectivity index (χ1) is 18.4. The zero-order chi connectivity index (χ0) is 26.1. The molecule has 7 atom stereocenters. The van der Waals surface area contributed by atoms with E-state index in [0.29, 0.717) is 5.92 Å². The lowest BCUT2D eigenvalue weighted by atomic mass is 9.53. The lowest BCUT2D eigenvalue weighted by molar-refractivity contribution is -0.146. The first-order valence-corrected chi connectivity index (χ1v) is 14.8. The number of benzene rings is 2. The molecule has 5 nitrogen and oxygen atoms in total. The topological polar surface area (TPSA) is 62.3 Å². The average Bonchev–Trinajstić information content (AvgIpc) is 3.63. The number of fused-ring (bicyclic) bond motifs is 2. The molecule has 202 valence electrons. The van der Waals surface area contributed by atoms with Gasteiger partial charge in [-0.3, -0.25) is 4.79 Å². The van der Waals surface area contributed by atoms with E-state index >= 15 is 0 Å². The summed E-state index contributed by atoms with van der Waals surface area (Å²) in [6, 6.07) is 20.2. The van der Waals surface area contributed by atoms with Gasteiger partial charge in [-0.1, -0.05) is 80.9 Å². The number of rotatable bonds is 5. The SMILES string of the molecule is C[C@H]1CCC[C@]2(C)C[C@H]3OC(=O)[C@@H](CN4CCC(C(O)(c5ccccc5)c5ccccc5)CC4)[C@H]3[C@@H]3O[C@@]132. The van der Waals surface area contributed by atoms with Crippen LogP contribution < -0.4 is 0 Å². The Morgan fingerprint density at radius 2 is 1.63 bits per heavy atom. The van der Waals surface area contributed by atoms with Gasteiger partial charge in [0.25, 0.3) is 0 Å². The molecule has 5 aliphatic rings. The maximum absolute atomic E-state index is 13.2. The van der Waals surface area contributed by atoms with Gasteiger partial charge in [0.2, 0.25) is 0 Å². The van der Waals surface area contributed by atoms with E-state index in [-0.39, 0.29) is 46.9 Å². The molecule has 2 aromatic rings. The molecule has 1 spiro atoms. The van der Waals surface area contributed by atoms with Crippen molar-refractivity contribution >= 4 is 5.97 Å². The van der Waals surface area contributed by atoms with Crippen molar-refractivity contribution in [2.45, 2.75) is 75.8 Å². The summed E-state index contributed by atoms with van der Waals surface area (Å²) in [5.74, 6) is 0.710. The fourth-order valence-electron chi connectivity index (χ4n) is 9.28. The van der Waals surface area contributed by atoms with Crippen LogP contribution in [-0.2, 0) is 19.9 Å². The van der Waals surface area contributed by atoms with Crippen LogP contribution in [0.3, 0.4) is 0 Å². The smallest absolute Gasteiger partial charge is 0.311 e. The van der Waals surface area contributed by atoms with Gasteiger partial charge in [-0.25, -0.2) is 0 Å². The molecule has 3 saturated heterocycles. The molecule has 0 amide bonds. The van der Waals surface area contributed by atoms with E-state index in [1.807, 2.05) is 60.7 Å². The van der Waals surface area contributed by atoms with E-state index < -0.39 is 5.60 Å². The first kappa shape index (κ1) is 24.8. The third kappa shape index (κ3) is 3.51. The summed E-state index contributed by atoms with van der Waals surface area (Å²) in [6.45, 7) is 7.22. The molecule has 0 bridgehead atoms. The zero-order valence-electron chi connectivity index (χ0n) is 22.7. The molecule has 2 saturated carbocycles. The third-order valence-electron chi connectivity index (χ3n) is 11.3. The van der Waals surface area contributed by atoms with Crippen LogP contribution >= 0.6 is 0 Å². The second kappa shape index (κ2) is 8.90. The van der Waals surface area contributed by atoms with Crippen LogP contribution in [0.4, 0.5) is 0 Å². The zero-order valence-corrected chi connectivity index (χ0v) is 22.7. The standard InChI is InChI=1S/C33H41NO4/c1-22-10-9-17-31(2)20-27-28(29-33(22,31)38-29)26(30(35)37-27)21-34-18-15-25(16-19-34)32(36,23-11-5-3-6-12-23)24-13-7-4-8-14-24/h3-8,11-14,22,25-29,36H,9-10,15-21H2,1-2H3/t22-,26-,27+,28+,29-,31+,33-/m0/s1. The maximum atomic E-state index is 13.2. The summed E-state index contributed by atoms with van der Waals surface area (Å²) in [5, 5.41) is 12.2. The molecule has 1 N–H and O–H groups in total. The molecule has 5 heteroatoms. The highest BCUT2D eigenvalue weighted by Gasteiger charge is 2.78. The lowest BCUT2D eigenvalue weighted by Crippen LogP contribution is -2.55. The predicted molar refractivity (Wildman–Crippen MR) is 145 cm³/mol. The van der Waals surface area contributed by atoms with Gasteiger partial charge in [0.1, 0.15) is 17.3 Å². The molecule has 7 rings (SSSR count). The molecule has 5 fully saturated rings. The number of esters is 1. The Labute approximate surface area is 226 Å². The van der Waals surface area contributed by atoms with Gasteiger partial charge in [-0.15, -0.1) is 0 Å². The minimum atomic E-state index is -1.02. The van der Waals surface area contributed by atoms with E-state index in [1.54, 1.807) is 0 Å². The largest absolute Gasteiger partial charge is 0.462 e. The monoisotopic (exact) mass is 515 g/mol. The second-order valence-corrected chi connectivity index (χ2v) is 13.1. The first-order valence-electron chi connectivity index (χ1n) is 14.8. The molecule has 0 radical (unpaired) electrons. The van der Waals surface area contributed by atoms with Crippen molar-refractivity contribution in [3.63, 3.8) is 0 Å². The fraction of sp³-hybridized carbons (Fsp3) is 0.606. The van der Waals surface area contributed by atoms with Gasteiger partial charge in [0.15, 0.2) is 0 Å². The van der Waals surface area contributed by atoms with Crippen molar-refractivity contribution in [3.05, 3.63) is 71.8 Å². The molecular weight excluding hydrogens is 474 g/mol. The van der Waals surface area contributed by atoms with E-state index in [4.69, 9.17) is 9.47 Å². The highest BCUT2D eigenvalue weighted by molar-refractivity contribution is 5.76. The van der Waals surface area contributed by atoms with Crippen molar-refractivity contribution in [3.8, 4) is 0 Å². The number of carbonyl (C=O) groups is 1. The van der Waals surface area contributed by atoms with Crippen LogP contribution in [0.5, 0.6) is 0 Å². The van der Waals surface area contributed by atoms with Gasteiger partial charge in [-0.2, -0.15) is 0 Å². The molecule has 2 aliphatic carbocycles. The number of hydrogen-bond donors (Lipinski definition) is 1. The number of ether oxygens (including phenoxy) is 2. The van der Waals surface area contributed by atoms with Gasteiger partial charge in [-0.05, 0) is 68.2 Å². The summed E-state index contributed by atoms with van der Waals surface area (Å²) < 4.78 is 12.7. The van der Waals surface area contributed by atoms with Crippen molar-refractivity contribution in [1.29, 1.82) is 0 Å². The van der Waals surface area contributed by atoms with Crippen LogP contribution in [0.2, 0.25) is 0 Å². The van der Waals surface area contributed by atoms with E-state index in [2.05, 4.69) is 18.7 Å². The quantitative estimate of drug-likeness (QED) is 0.440. The number of epoxide rings is 1. The number of aliphatic hydroxyl groups is 1. The minimum Gasteiger partial charge on any atom is -0.462 e. The van der Waals surface area contributed by atoms with Crippen LogP contribution in [0.25, 0.3) is 0 Å². The lowest BCUT2D eigenvalue weighted by Gasteiger charge is -2.49. The van der Waals surface area contributed by atoms with Gasteiger partial charge in [0.05, 0.1) is 12.0 Å². The second-order valence-electron chi connectivity index (χ2n) is 13.1. The van der Waals surface area contributed by atoms with E-state index in [0.717, 1.165) is 50.0 Å². The Morgan fingerprint density at radius 3 is 2.26 bits per heavy atom. The van der Waals surface area contributed by atoms with E-state index in [1.165, 1.54) is 19.3 Å². The molecule has 0 aromatic heterocycles. The van der Waals surface area contributed by atoms with Crippen molar-refractivity contribution < 1.29 is 19.4 Å². The van der Waals surface area contributed by atoms with E-state index in [9.17, 15) is 9.90 Å². The Bertz CT molecular complexity index is 1140. The Balaban J connectivity index is 1.07. The number of hydrogen-bond acceptors (Lipinski definition) is 5. The van der Waals surface area contributed by atoms with Crippen LogP contribution in [-0.4, -0.2) is 53.4 Å². The van der Waals surface area contributed by atoms with Crippen molar-refractivity contribution in [1.82, 2.24) is 4.90 Å². The molecular formula is C33H41NO4.